The molecule has 0 aliphatic rings. The van der Waals surface area contributed by atoms with Crippen molar-refractivity contribution in [1.82, 2.24) is 4.98 Å². The summed E-state index contributed by atoms with van der Waals surface area (Å²) in [6.07, 6.45) is 0. The molecule has 5 nitrogen and oxygen atoms in total. The van der Waals surface area contributed by atoms with Crippen molar-refractivity contribution < 1.29 is 19.4 Å². The monoisotopic (exact) mass is 511 g/mol. The molecule has 0 atom stereocenters. The third-order valence-corrected chi connectivity index (χ3v) is 5.26. The van der Waals surface area contributed by atoms with Crippen molar-refractivity contribution in [1.29, 1.82) is 0 Å². The van der Waals surface area contributed by atoms with Gasteiger partial charge in [0.25, 0.3) is 0 Å². The van der Waals surface area contributed by atoms with Gasteiger partial charge in [-0.3, -0.25) is 0 Å². The molecular formula is C24H18INO4. The van der Waals surface area contributed by atoms with Crippen molar-refractivity contribution in [2.24, 2.45) is 0 Å². The molecule has 6 heteroatoms. The predicted molar refractivity (Wildman–Crippen MR) is 123 cm³/mol. The fourth-order valence-electron chi connectivity index (χ4n) is 3.21. The fraction of sp³-hybridized carbons (Fsp3) is 0.0833. The summed E-state index contributed by atoms with van der Waals surface area (Å²) in [7, 11) is 0. The quantitative estimate of drug-likeness (QED) is 0.323. The fourth-order valence-corrected chi connectivity index (χ4v) is 3.70. The molecular weight excluding hydrogens is 493 g/mol. The molecule has 0 amide bonds. The molecule has 0 radical (unpaired) electrons. The number of hydrogen-bond donors (Lipinski definition) is 1. The Balaban J connectivity index is 1.77. The molecule has 3 aromatic carbocycles. The van der Waals surface area contributed by atoms with Gasteiger partial charge in [0.2, 0.25) is 0 Å². The second-order valence-corrected chi connectivity index (χ2v) is 7.83. The number of aromatic nitrogens is 1. The summed E-state index contributed by atoms with van der Waals surface area (Å²) in [6, 6.07) is 24.4. The van der Waals surface area contributed by atoms with E-state index in [0.29, 0.717) is 28.3 Å². The molecule has 150 valence electrons. The van der Waals surface area contributed by atoms with E-state index in [1.54, 1.807) is 0 Å². The maximum atomic E-state index is 12.2. The maximum Gasteiger partial charge on any atom is 0.338 e. The van der Waals surface area contributed by atoms with Gasteiger partial charge < -0.3 is 14.6 Å². The van der Waals surface area contributed by atoms with Crippen LogP contribution in [0.25, 0.3) is 10.9 Å². The number of aromatic carboxylic acids is 1. The Morgan fingerprint density at radius 2 is 1.47 bits per heavy atom. The van der Waals surface area contributed by atoms with Crippen molar-refractivity contribution in [3.05, 3.63) is 99.3 Å². The average molecular weight is 511 g/mol. The summed E-state index contributed by atoms with van der Waals surface area (Å²) in [5.74, 6) is 0.272. The van der Waals surface area contributed by atoms with E-state index in [-0.39, 0.29) is 18.8 Å². The van der Waals surface area contributed by atoms with Gasteiger partial charge in [-0.25, -0.2) is 9.78 Å². The van der Waals surface area contributed by atoms with Crippen LogP contribution in [0.3, 0.4) is 0 Å². The number of carboxylic acids is 1. The van der Waals surface area contributed by atoms with E-state index in [0.717, 1.165) is 8.96 Å². The largest absolute Gasteiger partial charge is 0.489 e. The molecule has 1 N–H and O–H groups in total. The smallest absolute Gasteiger partial charge is 0.338 e. The lowest BCUT2D eigenvalue weighted by Crippen LogP contribution is -2.14. The highest BCUT2D eigenvalue weighted by molar-refractivity contribution is 14.1. The maximum absolute atomic E-state index is 12.2. The summed E-state index contributed by atoms with van der Waals surface area (Å²) in [5, 5.41) is 10.8. The topological polar surface area (TPSA) is 68.7 Å². The third-order valence-electron chi connectivity index (χ3n) is 4.59. The molecule has 1 heterocycles. The number of carbonyl (C=O) groups is 1. The number of para-hydroxylation sites is 2. The minimum Gasteiger partial charge on any atom is -0.489 e. The van der Waals surface area contributed by atoms with E-state index in [2.05, 4.69) is 27.6 Å². The van der Waals surface area contributed by atoms with Gasteiger partial charge in [-0.15, -0.1) is 0 Å². The minimum absolute atomic E-state index is 0.0475. The highest BCUT2D eigenvalue weighted by atomic mass is 127. The van der Waals surface area contributed by atoms with E-state index in [9.17, 15) is 9.90 Å². The second kappa shape index (κ2) is 9.13. The molecule has 30 heavy (non-hydrogen) atoms. The Morgan fingerprint density at radius 3 is 2.07 bits per heavy atom. The number of halogens is 1. The van der Waals surface area contributed by atoms with Crippen LogP contribution in [0.4, 0.5) is 0 Å². The summed E-state index contributed by atoms with van der Waals surface area (Å²) in [6.45, 7) is 0.162. The first-order chi connectivity index (χ1) is 14.6. The van der Waals surface area contributed by atoms with Crippen LogP contribution in [0, 0.1) is 3.57 Å². The van der Waals surface area contributed by atoms with Crippen LogP contribution in [-0.4, -0.2) is 16.1 Å². The van der Waals surface area contributed by atoms with Crippen molar-refractivity contribution >= 4 is 39.5 Å². The molecule has 0 bridgehead atoms. The number of fused-ring (bicyclic) bond motifs is 1. The molecule has 0 saturated heterocycles. The molecule has 0 saturated carbocycles. The van der Waals surface area contributed by atoms with Crippen LogP contribution >= 0.6 is 22.6 Å². The molecule has 0 unspecified atom stereocenters. The average Bonchev–Trinajstić information content (AvgIpc) is 2.77. The standard InChI is InChI=1S/C24H18INO4/c25-16-11-12-21-19(13-16)20(14-29-17-7-3-1-4-8-17)23(24(27)28)22(26-21)15-30-18-9-5-2-6-10-18/h1-13H,14-15H2,(H,27,28). The first-order valence-electron chi connectivity index (χ1n) is 9.32. The number of ether oxygens (including phenoxy) is 2. The van der Waals surface area contributed by atoms with E-state index in [4.69, 9.17) is 9.47 Å². The number of pyridine rings is 1. The van der Waals surface area contributed by atoms with Crippen molar-refractivity contribution in [2.75, 3.05) is 0 Å². The number of benzene rings is 3. The molecule has 0 fully saturated rings. The summed E-state index contributed by atoms with van der Waals surface area (Å²) < 4.78 is 12.7. The molecule has 4 aromatic rings. The van der Waals surface area contributed by atoms with E-state index in [1.165, 1.54) is 0 Å². The van der Waals surface area contributed by atoms with Crippen LogP contribution in [0.1, 0.15) is 21.6 Å². The summed E-state index contributed by atoms with van der Waals surface area (Å²) >= 11 is 2.21. The molecule has 4 rings (SSSR count). The van der Waals surface area contributed by atoms with Crippen LogP contribution in [0.5, 0.6) is 11.5 Å². The highest BCUT2D eigenvalue weighted by Gasteiger charge is 2.22. The lowest BCUT2D eigenvalue weighted by Gasteiger charge is -2.16. The van der Waals surface area contributed by atoms with Crippen LogP contribution < -0.4 is 9.47 Å². The zero-order valence-corrected chi connectivity index (χ0v) is 18.1. The van der Waals surface area contributed by atoms with E-state index < -0.39 is 5.97 Å². The van der Waals surface area contributed by atoms with Crippen LogP contribution in [0.15, 0.2) is 78.9 Å². The van der Waals surface area contributed by atoms with Gasteiger partial charge in [0.1, 0.15) is 24.7 Å². The van der Waals surface area contributed by atoms with Gasteiger partial charge in [-0.1, -0.05) is 36.4 Å². The Kier molecular flexibility index (Phi) is 6.13. The second-order valence-electron chi connectivity index (χ2n) is 6.58. The number of nitrogens with zero attached hydrogens (tertiary/aromatic N) is 1. The lowest BCUT2D eigenvalue weighted by molar-refractivity contribution is 0.0690. The number of hydrogen-bond acceptors (Lipinski definition) is 4. The number of rotatable bonds is 7. The predicted octanol–water partition coefficient (Wildman–Crippen LogP) is 5.70. The van der Waals surface area contributed by atoms with Crippen LogP contribution in [0.2, 0.25) is 0 Å². The van der Waals surface area contributed by atoms with Gasteiger partial charge in [-0.05, 0) is 65.1 Å². The van der Waals surface area contributed by atoms with Crippen LogP contribution in [-0.2, 0) is 13.2 Å². The Morgan fingerprint density at radius 1 is 0.867 bits per heavy atom. The van der Waals surface area contributed by atoms with E-state index in [1.807, 2.05) is 78.9 Å². The molecule has 1 aromatic heterocycles. The van der Waals surface area contributed by atoms with Gasteiger partial charge in [0.15, 0.2) is 0 Å². The van der Waals surface area contributed by atoms with Crippen molar-refractivity contribution in [3.63, 3.8) is 0 Å². The Hall–Kier alpha value is -3.13. The number of carboxylic acid groups (broad SMARTS) is 1. The van der Waals surface area contributed by atoms with E-state index >= 15 is 0 Å². The zero-order valence-electron chi connectivity index (χ0n) is 15.9. The van der Waals surface area contributed by atoms with Gasteiger partial charge in [0.05, 0.1) is 16.8 Å². The first kappa shape index (κ1) is 20.2. The summed E-state index contributed by atoms with van der Waals surface area (Å²) in [4.78, 5) is 16.8. The first-order valence-corrected chi connectivity index (χ1v) is 10.4. The lowest BCUT2D eigenvalue weighted by atomic mass is 10.0. The normalized spacial score (nSPS) is 10.7. The van der Waals surface area contributed by atoms with Gasteiger partial charge in [0, 0.05) is 14.5 Å². The van der Waals surface area contributed by atoms with Crippen molar-refractivity contribution in [2.45, 2.75) is 13.2 Å². The van der Waals surface area contributed by atoms with Gasteiger partial charge >= 0.3 is 5.97 Å². The third kappa shape index (κ3) is 4.54. The molecule has 0 spiro atoms. The Labute approximate surface area is 187 Å². The van der Waals surface area contributed by atoms with Gasteiger partial charge in [-0.2, -0.15) is 0 Å². The summed E-state index contributed by atoms with van der Waals surface area (Å²) in [5.41, 5.74) is 1.78. The minimum atomic E-state index is -1.05. The van der Waals surface area contributed by atoms with Crippen molar-refractivity contribution in [3.8, 4) is 11.5 Å². The zero-order chi connectivity index (χ0) is 20.9. The highest BCUT2D eigenvalue weighted by Crippen LogP contribution is 2.28. The Bertz CT molecular complexity index is 1180. The molecule has 0 aliphatic carbocycles. The molecule has 0 aliphatic heterocycles. The SMILES string of the molecule is O=C(O)c1c(COc2ccccc2)nc2ccc(I)cc2c1COc1ccccc1.